The summed E-state index contributed by atoms with van der Waals surface area (Å²) in [6.07, 6.45) is 0.904. The third-order valence-electron chi connectivity index (χ3n) is 3.58. The van der Waals surface area contributed by atoms with Crippen molar-refractivity contribution in [2.24, 2.45) is 5.73 Å². The normalized spacial score (nSPS) is 10.8. The van der Waals surface area contributed by atoms with Gasteiger partial charge in [0.15, 0.2) is 0 Å². The molecule has 11 nitrogen and oxygen atoms in total. The molecule has 0 aromatic rings. The van der Waals surface area contributed by atoms with E-state index < -0.39 is 23.1 Å². The van der Waals surface area contributed by atoms with Crippen LogP contribution in [0.15, 0.2) is 0 Å². The highest BCUT2D eigenvalue weighted by atomic mass is 16.6. The fraction of sp³-hybridized carbons (Fsp3) is 0.739. The molecule has 0 saturated carbocycles. The van der Waals surface area contributed by atoms with Crippen LogP contribution in [0.4, 0.5) is 0 Å². The summed E-state index contributed by atoms with van der Waals surface area (Å²) < 4.78 is 10.0. The maximum absolute atomic E-state index is 11.3. The first-order chi connectivity index (χ1) is 15.5. The van der Waals surface area contributed by atoms with Gasteiger partial charge in [0.1, 0.15) is 35.9 Å². The van der Waals surface area contributed by atoms with Crippen LogP contribution >= 0.6 is 0 Å². The molecule has 0 atom stereocenters. The summed E-state index contributed by atoms with van der Waals surface area (Å²) in [5, 5.41) is 4.80. The fourth-order valence-corrected chi connectivity index (χ4v) is 2.06. The van der Waals surface area contributed by atoms with E-state index in [1.54, 1.807) is 48.5 Å². The molecule has 0 aromatic carbocycles. The Morgan fingerprint density at radius 3 is 1.29 bits per heavy atom. The van der Waals surface area contributed by atoms with Gasteiger partial charge in [-0.15, -0.1) is 0 Å². The van der Waals surface area contributed by atoms with Crippen LogP contribution in [-0.4, -0.2) is 66.2 Å². The molecule has 0 heterocycles. The van der Waals surface area contributed by atoms with E-state index in [1.807, 2.05) is 0 Å². The largest absolute Gasteiger partial charge is 0.459 e. The number of Topliss-reactive ketones (excluding diaryl/α,β-unsaturated/α-hetero) is 2. The number of carbonyl (C=O) groups excluding carboxylic acids is 6. The predicted molar refractivity (Wildman–Crippen MR) is 126 cm³/mol. The Labute approximate surface area is 201 Å². The second-order valence-corrected chi connectivity index (χ2v) is 9.36. The van der Waals surface area contributed by atoms with Crippen LogP contribution in [0.3, 0.4) is 0 Å². The molecule has 0 radical (unpaired) electrons. The van der Waals surface area contributed by atoms with Crippen molar-refractivity contribution in [1.29, 1.82) is 0 Å². The maximum Gasteiger partial charge on any atom is 0.325 e. The van der Waals surface area contributed by atoms with Gasteiger partial charge in [0, 0.05) is 32.1 Å². The Morgan fingerprint density at radius 2 is 1.00 bits per heavy atom. The lowest BCUT2D eigenvalue weighted by molar-refractivity contribution is -0.155. The van der Waals surface area contributed by atoms with Crippen molar-refractivity contribution < 1.29 is 38.2 Å². The minimum absolute atomic E-state index is 0.0393. The van der Waals surface area contributed by atoms with Gasteiger partial charge >= 0.3 is 11.9 Å². The van der Waals surface area contributed by atoms with E-state index in [9.17, 15) is 28.8 Å². The zero-order chi connectivity index (χ0) is 26.9. The summed E-state index contributed by atoms with van der Waals surface area (Å²) in [7, 11) is 0. The number of hydrogen-bond acceptors (Lipinski definition) is 9. The molecule has 4 N–H and O–H groups in total. The molecule has 2 amide bonds. The first-order valence-electron chi connectivity index (χ1n) is 11.2. The zero-order valence-electron chi connectivity index (χ0n) is 21.5. The Kier molecular flexibility index (Phi) is 16.4. The van der Waals surface area contributed by atoms with Crippen LogP contribution in [0, 0.1) is 0 Å². The first kappa shape index (κ1) is 33.4. The molecule has 0 aliphatic carbocycles. The van der Waals surface area contributed by atoms with Gasteiger partial charge in [0.05, 0.1) is 6.54 Å². The van der Waals surface area contributed by atoms with Crippen molar-refractivity contribution in [3.63, 3.8) is 0 Å². The molecule has 0 bridgehead atoms. The molecule has 11 heteroatoms. The van der Waals surface area contributed by atoms with Gasteiger partial charge in [-0.05, 0) is 41.5 Å². The molecule has 196 valence electrons. The summed E-state index contributed by atoms with van der Waals surface area (Å²) in [4.78, 5) is 66.8. The zero-order valence-corrected chi connectivity index (χ0v) is 21.5. The van der Waals surface area contributed by atoms with Gasteiger partial charge in [0.2, 0.25) is 11.8 Å². The minimum Gasteiger partial charge on any atom is -0.459 e. The van der Waals surface area contributed by atoms with E-state index in [1.165, 1.54) is 0 Å². The molecule has 0 spiro atoms. The third-order valence-corrected chi connectivity index (χ3v) is 3.58. The number of ether oxygens (including phenoxy) is 2. The highest BCUT2D eigenvalue weighted by Crippen LogP contribution is 2.07. The lowest BCUT2D eigenvalue weighted by Gasteiger charge is -2.19. The van der Waals surface area contributed by atoms with Crippen LogP contribution in [0.1, 0.15) is 80.6 Å². The summed E-state index contributed by atoms with van der Waals surface area (Å²) in [6, 6.07) is 0. The van der Waals surface area contributed by atoms with Crippen LogP contribution in [0.25, 0.3) is 0 Å². The number of hydrogen-bond donors (Lipinski definition) is 3. The van der Waals surface area contributed by atoms with Crippen molar-refractivity contribution in [2.75, 3.05) is 19.6 Å². The minimum atomic E-state index is -0.572. The van der Waals surface area contributed by atoms with Crippen molar-refractivity contribution in [1.82, 2.24) is 10.6 Å². The van der Waals surface area contributed by atoms with Gasteiger partial charge in [-0.2, -0.15) is 0 Å². The summed E-state index contributed by atoms with van der Waals surface area (Å²) in [5.41, 5.74) is 3.97. The van der Waals surface area contributed by atoms with Gasteiger partial charge < -0.3 is 25.8 Å². The van der Waals surface area contributed by atoms with Crippen LogP contribution < -0.4 is 16.4 Å². The Balaban J connectivity index is 0. The molecular formula is C23H41N3O8. The SMILES string of the molecule is CC(C)(C)OC(=O)CNC(=O)CCC(=O)CN.CCC(=O)CCC(=O)NCC(=O)OC(C)(C)C. The summed E-state index contributed by atoms with van der Waals surface area (Å²) in [5.74, 6) is -1.80. The van der Waals surface area contributed by atoms with E-state index in [2.05, 4.69) is 10.6 Å². The average molecular weight is 488 g/mol. The van der Waals surface area contributed by atoms with E-state index in [-0.39, 0.29) is 68.7 Å². The second kappa shape index (κ2) is 16.7. The van der Waals surface area contributed by atoms with Gasteiger partial charge in [0.25, 0.3) is 0 Å². The summed E-state index contributed by atoms with van der Waals surface area (Å²) >= 11 is 0. The number of carbonyl (C=O) groups is 6. The predicted octanol–water partition coefficient (Wildman–Crippen LogP) is 0.956. The smallest absolute Gasteiger partial charge is 0.325 e. The molecule has 0 fully saturated rings. The Bertz CT molecular complexity index is 646. The summed E-state index contributed by atoms with van der Waals surface area (Å²) in [6.45, 7) is 11.8. The van der Waals surface area contributed by atoms with Gasteiger partial charge in [-0.3, -0.25) is 28.8 Å². The maximum atomic E-state index is 11.3. The van der Waals surface area contributed by atoms with Crippen LogP contribution in [-0.2, 0) is 38.2 Å². The van der Waals surface area contributed by atoms with Crippen molar-refractivity contribution >= 4 is 35.3 Å². The van der Waals surface area contributed by atoms with Crippen LogP contribution in [0.5, 0.6) is 0 Å². The lowest BCUT2D eigenvalue weighted by atomic mass is 10.2. The third kappa shape index (κ3) is 23.8. The quantitative estimate of drug-likeness (QED) is 0.339. The van der Waals surface area contributed by atoms with E-state index in [0.29, 0.717) is 6.42 Å². The molecule has 0 rings (SSSR count). The van der Waals surface area contributed by atoms with Crippen molar-refractivity contribution in [3.8, 4) is 0 Å². The molecule has 0 unspecified atom stereocenters. The molecule has 0 saturated heterocycles. The number of nitrogens with one attached hydrogen (secondary N) is 2. The molecule has 34 heavy (non-hydrogen) atoms. The van der Waals surface area contributed by atoms with Crippen molar-refractivity contribution in [2.45, 2.75) is 91.8 Å². The topological polar surface area (TPSA) is 171 Å². The monoisotopic (exact) mass is 487 g/mol. The molecule has 0 aliphatic rings. The van der Waals surface area contributed by atoms with Crippen molar-refractivity contribution in [3.05, 3.63) is 0 Å². The number of nitrogens with two attached hydrogens (primary N) is 1. The molecule has 0 aliphatic heterocycles. The molecular weight excluding hydrogens is 446 g/mol. The van der Waals surface area contributed by atoms with E-state index >= 15 is 0 Å². The second-order valence-electron chi connectivity index (χ2n) is 9.36. The first-order valence-corrected chi connectivity index (χ1v) is 11.2. The Hall–Kier alpha value is -2.82. The standard InChI is InChI=1S/C12H21NO4.C11H20N2O4/c1-5-9(14)6-7-10(15)13-8-11(16)17-12(2,3)4;1-11(2,3)17-10(16)7-13-9(15)5-4-8(14)6-12/h5-8H2,1-4H3,(H,13,15);4-7,12H2,1-3H3,(H,13,15). The number of esters is 2. The van der Waals surface area contributed by atoms with Gasteiger partial charge in [-0.1, -0.05) is 6.92 Å². The number of amides is 2. The number of rotatable bonds is 12. The highest BCUT2D eigenvalue weighted by molar-refractivity contribution is 5.88. The highest BCUT2D eigenvalue weighted by Gasteiger charge is 2.17. The van der Waals surface area contributed by atoms with E-state index in [0.717, 1.165) is 0 Å². The Morgan fingerprint density at radius 1 is 0.647 bits per heavy atom. The van der Waals surface area contributed by atoms with Gasteiger partial charge in [-0.25, -0.2) is 0 Å². The number of ketones is 2. The molecule has 0 aromatic heterocycles. The lowest BCUT2D eigenvalue weighted by Crippen LogP contribution is -2.34. The van der Waals surface area contributed by atoms with Crippen LogP contribution in [0.2, 0.25) is 0 Å². The fourth-order valence-electron chi connectivity index (χ4n) is 2.06. The van der Waals surface area contributed by atoms with E-state index in [4.69, 9.17) is 15.2 Å². The average Bonchev–Trinajstić information content (AvgIpc) is 2.70.